The van der Waals surface area contributed by atoms with Crippen molar-refractivity contribution in [3.8, 4) is 141 Å². The molecule has 130 heavy (non-hydrogen) atoms. The first kappa shape index (κ1) is 83.6. The van der Waals surface area contributed by atoms with E-state index in [1.807, 2.05) is 121 Å². The molecule has 20 rings (SSSR count). The Balaban J connectivity index is 0.950. The molecule has 0 radical (unpaired) electrons. The van der Waals surface area contributed by atoms with E-state index in [4.69, 9.17) is 18.9 Å². The molecule has 0 bridgehead atoms. The van der Waals surface area contributed by atoms with E-state index in [9.17, 15) is 0 Å². The third-order valence-corrected chi connectivity index (χ3v) is 25.9. The fourth-order valence-electron chi connectivity index (χ4n) is 18.9. The molecule has 0 atom stereocenters. The molecular weight excluding hydrogens is 1580 g/mol. The van der Waals surface area contributed by atoms with Crippen molar-refractivity contribution in [1.82, 2.24) is 4.57 Å². The predicted octanol–water partition coefficient (Wildman–Crippen LogP) is 32.4. The lowest BCUT2D eigenvalue weighted by molar-refractivity contribution is 0.482. The molecule has 17 aromatic carbocycles. The van der Waals surface area contributed by atoms with Crippen LogP contribution < -0.4 is 46.0 Å². The fourth-order valence-corrected chi connectivity index (χ4v) is 18.9. The highest BCUT2D eigenvalue weighted by atomic mass is 16.5. The molecule has 3 heterocycles. The Kier molecular flexibility index (Phi) is 21.2. The molecule has 2 aliphatic rings. The van der Waals surface area contributed by atoms with Crippen LogP contribution in [0.2, 0.25) is 0 Å². The molecule has 18 aromatic rings. The minimum absolute atomic E-state index is 0.105. The second-order valence-electron chi connectivity index (χ2n) is 40.3. The molecule has 0 saturated carbocycles. The van der Waals surface area contributed by atoms with Gasteiger partial charge in [0.15, 0.2) is 0 Å². The smallest absolute Gasteiger partial charge is 0.252 e. The largest absolute Gasteiger partial charge is 0.457 e. The van der Waals surface area contributed by atoms with Crippen LogP contribution in [0.15, 0.2) is 370 Å². The average molecular weight is 1690 g/mol. The maximum atomic E-state index is 6.85. The standard InChI is InChI=1S/C122H108BN3O4/c1-118(2,3)85-58-59-112-104(74-85)103-52-28-29-57-111(103)126(112)90-75-109-115-110(76-90)125-117-106(114-101(79-38-32-50-97(66-79)129-93-44-24-18-25-45-93)55-35-56-102(114)80-39-33-51-98(67-80)130-94-46-26-19-27-47-94)69-84(82-62-88(121(10,11)12)73-89(63-82)122(13,14)15)71-108(117)123(115)107-70-83(81-60-86(119(4,5)6)72-87(61-81)120(7,8)9)68-105(116(107)124-109)113-99(77-36-30-48-95(64-77)127-91-40-20-16-21-41-91)53-34-54-100(113)78-37-31-49-96(65-78)128-92-42-22-17-23-43-92/h16-76,124-125H,1-15H3. The maximum Gasteiger partial charge on any atom is 0.252 e. The van der Waals surface area contributed by atoms with E-state index in [-0.39, 0.29) is 27.1 Å². The Morgan fingerprint density at radius 1 is 0.223 bits per heavy atom. The van der Waals surface area contributed by atoms with E-state index in [2.05, 4.69) is 368 Å². The molecule has 8 heteroatoms. The number of rotatable bonds is 17. The Labute approximate surface area is 766 Å². The van der Waals surface area contributed by atoms with Crippen molar-refractivity contribution in [3.63, 3.8) is 0 Å². The molecule has 0 saturated heterocycles. The first-order valence-corrected chi connectivity index (χ1v) is 45.6. The van der Waals surface area contributed by atoms with Gasteiger partial charge in [-0.1, -0.05) is 334 Å². The fraction of sp³-hybridized carbons (Fsp3) is 0.164. The van der Waals surface area contributed by atoms with Crippen LogP contribution in [0.5, 0.6) is 46.0 Å². The Morgan fingerprint density at radius 3 is 0.862 bits per heavy atom. The van der Waals surface area contributed by atoms with Crippen LogP contribution in [0, 0.1) is 0 Å². The van der Waals surface area contributed by atoms with Gasteiger partial charge in [-0.15, -0.1) is 0 Å². The summed E-state index contributed by atoms with van der Waals surface area (Å²) in [4.78, 5) is 0. The number of hydrogen-bond donors (Lipinski definition) is 2. The monoisotopic (exact) mass is 1690 g/mol. The zero-order valence-corrected chi connectivity index (χ0v) is 76.9. The van der Waals surface area contributed by atoms with Gasteiger partial charge in [0.2, 0.25) is 0 Å². The van der Waals surface area contributed by atoms with E-state index in [1.165, 1.54) is 38.6 Å². The normalized spacial score (nSPS) is 12.5. The Bertz CT molecular complexity index is 6780. The van der Waals surface area contributed by atoms with Crippen molar-refractivity contribution < 1.29 is 18.9 Å². The minimum Gasteiger partial charge on any atom is -0.457 e. The number of para-hydroxylation sites is 5. The van der Waals surface area contributed by atoms with Gasteiger partial charge in [-0.2, -0.15) is 0 Å². The molecule has 0 spiro atoms. The molecule has 2 N–H and O–H groups in total. The molecule has 638 valence electrons. The molecular formula is C122H108BN3O4. The van der Waals surface area contributed by atoms with Crippen molar-refractivity contribution in [2.75, 3.05) is 10.6 Å². The highest BCUT2D eigenvalue weighted by molar-refractivity contribution is 7.00. The molecule has 2 aliphatic heterocycles. The minimum atomic E-state index is -0.459. The summed E-state index contributed by atoms with van der Waals surface area (Å²) in [7, 11) is 0. The lowest BCUT2D eigenvalue weighted by atomic mass is 9.33. The van der Waals surface area contributed by atoms with Gasteiger partial charge in [-0.25, -0.2) is 0 Å². The number of nitrogens with one attached hydrogen (secondary N) is 2. The summed E-state index contributed by atoms with van der Waals surface area (Å²) in [5, 5.41) is 11.4. The number of nitrogens with zero attached hydrogens (tertiary/aromatic N) is 1. The van der Waals surface area contributed by atoms with E-state index in [1.54, 1.807) is 0 Å². The van der Waals surface area contributed by atoms with Gasteiger partial charge in [-0.3, -0.25) is 0 Å². The zero-order chi connectivity index (χ0) is 89.7. The number of benzene rings is 17. The van der Waals surface area contributed by atoms with E-state index in [0.29, 0.717) is 0 Å². The van der Waals surface area contributed by atoms with Gasteiger partial charge in [0.1, 0.15) is 46.0 Å². The topological polar surface area (TPSA) is 65.9 Å². The molecule has 0 aliphatic carbocycles. The van der Waals surface area contributed by atoms with Crippen LogP contribution in [-0.2, 0) is 27.1 Å². The van der Waals surface area contributed by atoms with Gasteiger partial charge in [0, 0.05) is 44.6 Å². The quantitative estimate of drug-likeness (QED) is 0.0886. The number of aromatic nitrogens is 1. The van der Waals surface area contributed by atoms with Crippen LogP contribution in [-0.4, -0.2) is 11.3 Å². The summed E-state index contributed by atoms with van der Waals surface area (Å²) >= 11 is 0. The summed E-state index contributed by atoms with van der Waals surface area (Å²) < 4.78 is 29.9. The van der Waals surface area contributed by atoms with Gasteiger partial charge in [-0.05, 0) is 289 Å². The highest BCUT2D eigenvalue weighted by Crippen LogP contribution is 2.53. The number of fused-ring (bicyclic) bond motifs is 7. The summed E-state index contributed by atoms with van der Waals surface area (Å²) in [6.45, 7) is 34.6. The van der Waals surface area contributed by atoms with Crippen molar-refractivity contribution in [1.29, 1.82) is 0 Å². The number of anilines is 4. The van der Waals surface area contributed by atoms with Crippen LogP contribution in [0.3, 0.4) is 0 Å². The average Bonchev–Trinajstić information content (AvgIpc) is 0.950. The molecule has 1 aromatic heterocycles. The summed E-state index contributed by atoms with van der Waals surface area (Å²) in [5.41, 5.74) is 32.5. The maximum absolute atomic E-state index is 6.85. The van der Waals surface area contributed by atoms with Crippen molar-refractivity contribution in [2.45, 2.75) is 131 Å². The Morgan fingerprint density at radius 2 is 0.523 bits per heavy atom. The second-order valence-corrected chi connectivity index (χ2v) is 40.3. The predicted molar refractivity (Wildman–Crippen MR) is 548 cm³/mol. The first-order chi connectivity index (χ1) is 62.5. The Hall–Kier alpha value is -14.6. The van der Waals surface area contributed by atoms with Crippen LogP contribution >= 0.6 is 0 Å². The van der Waals surface area contributed by atoms with Crippen LogP contribution in [0.25, 0.3) is 117 Å². The number of hydrogen-bond acceptors (Lipinski definition) is 6. The van der Waals surface area contributed by atoms with Gasteiger partial charge in [0.25, 0.3) is 6.71 Å². The van der Waals surface area contributed by atoms with Crippen LogP contribution in [0.1, 0.15) is 132 Å². The van der Waals surface area contributed by atoms with Crippen LogP contribution in [0.4, 0.5) is 22.7 Å². The van der Waals surface area contributed by atoms with E-state index in [0.717, 1.165) is 191 Å². The third kappa shape index (κ3) is 16.4. The SMILES string of the molecule is CC(C)(C)c1cc(-c2cc3c(c(-c4c(-c5cccc(Oc6ccccc6)c5)cccc4-c4cccc(Oc5ccccc5)c4)c2)Nc2cc(-n4c5ccccc5c5cc(C(C)(C)C)ccc54)cc4c2B3c2cc(-c3cc(C(C)(C)C)cc(C(C)(C)C)c3)cc(-c3c(-c5cccc(Oc6ccccc6)c5)cccc3-c3cccc(Oc5ccccc5)c3)c2N4)cc(C(C)(C)C)c1. The summed E-state index contributed by atoms with van der Waals surface area (Å²) in [6, 6.07) is 135. The van der Waals surface area contributed by atoms with E-state index < -0.39 is 6.71 Å². The molecule has 0 unspecified atom stereocenters. The van der Waals surface area contributed by atoms with Gasteiger partial charge >= 0.3 is 0 Å². The zero-order valence-electron chi connectivity index (χ0n) is 76.9. The van der Waals surface area contributed by atoms with Crippen molar-refractivity contribution >= 4 is 67.7 Å². The lowest BCUT2D eigenvalue weighted by Gasteiger charge is -2.38. The highest BCUT2D eigenvalue weighted by Gasteiger charge is 2.43. The van der Waals surface area contributed by atoms with Crippen molar-refractivity contribution in [2.24, 2.45) is 0 Å². The summed E-state index contributed by atoms with van der Waals surface area (Å²) in [6.07, 6.45) is 0. The van der Waals surface area contributed by atoms with Gasteiger partial charge in [0.05, 0.1) is 16.7 Å². The summed E-state index contributed by atoms with van der Waals surface area (Å²) in [5.74, 6) is 5.91. The van der Waals surface area contributed by atoms with E-state index >= 15 is 0 Å². The van der Waals surface area contributed by atoms with Gasteiger partial charge < -0.3 is 34.1 Å². The number of ether oxygens (including phenoxy) is 4. The second kappa shape index (κ2) is 32.9. The molecule has 7 nitrogen and oxygen atoms in total. The molecule has 0 fully saturated rings. The lowest BCUT2D eigenvalue weighted by Crippen LogP contribution is -2.59. The third-order valence-electron chi connectivity index (χ3n) is 25.9. The molecule has 0 amide bonds. The van der Waals surface area contributed by atoms with Crippen molar-refractivity contribution in [3.05, 3.63) is 398 Å². The first-order valence-electron chi connectivity index (χ1n) is 45.6.